The largest absolute Gasteiger partial charge is 0.493 e. The lowest BCUT2D eigenvalue weighted by Crippen LogP contribution is -2.04. The van der Waals surface area contributed by atoms with Crippen LogP contribution in [0.2, 0.25) is 0 Å². The fourth-order valence-corrected chi connectivity index (χ4v) is 2.19. The predicted octanol–water partition coefficient (Wildman–Crippen LogP) is 1.79. The number of hydrogen-bond donors (Lipinski definition) is 2. The van der Waals surface area contributed by atoms with Crippen molar-refractivity contribution >= 4 is 21.6 Å². The topological polar surface area (TPSA) is 82.3 Å². The summed E-state index contributed by atoms with van der Waals surface area (Å²) >= 11 is 1.34. The molecule has 1 aromatic heterocycles. The number of benzene rings is 1. The van der Waals surface area contributed by atoms with E-state index in [0.29, 0.717) is 5.13 Å². The molecule has 19 heavy (non-hydrogen) atoms. The van der Waals surface area contributed by atoms with Crippen LogP contribution >= 0.6 is 11.3 Å². The van der Waals surface area contributed by atoms with Crippen molar-refractivity contribution in [3.63, 3.8) is 0 Å². The minimum absolute atomic E-state index is 0.466. The summed E-state index contributed by atoms with van der Waals surface area (Å²) in [5.74, 6) is 1.47. The number of hydrogen-bond acceptors (Lipinski definition) is 7. The molecule has 6 nitrogen and oxygen atoms in total. The summed E-state index contributed by atoms with van der Waals surface area (Å²) in [4.78, 5) is 0. The van der Waals surface area contributed by atoms with Crippen molar-refractivity contribution in [3.8, 4) is 11.5 Å². The number of nitrogens with one attached hydrogen (secondary N) is 1. The van der Waals surface area contributed by atoms with Gasteiger partial charge in [-0.3, -0.25) is 0 Å². The molecule has 3 N–H and O–H groups in total. The molecule has 102 valence electrons. The molecule has 0 radical (unpaired) electrons. The number of nitrogen functional groups attached to an aromatic ring is 1. The van der Waals surface area contributed by atoms with E-state index in [9.17, 15) is 0 Å². The molecule has 0 fully saturated rings. The molecule has 2 aromatic rings. The van der Waals surface area contributed by atoms with E-state index in [0.717, 1.165) is 35.2 Å². The monoisotopic (exact) mass is 280 g/mol. The molecule has 0 unspecified atom stereocenters. The van der Waals surface area contributed by atoms with Gasteiger partial charge in [0.05, 0.1) is 14.2 Å². The van der Waals surface area contributed by atoms with Crippen molar-refractivity contribution in [2.45, 2.75) is 6.42 Å². The van der Waals surface area contributed by atoms with E-state index < -0.39 is 0 Å². The van der Waals surface area contributed by atoms with Crippen molar-refractivity contribution in [1.82, 2.24) is 10.2 Å². The van der Waals surface area contributed by atoms with Gasteiger partial charge in [-0.25, -0.2) is 0 Å². The summed E-state index contributed by atoms with van der Waals surface area (Å²) in [6.07, 6.45) is 0.847. The highest BCUT2D eigenvalue weighted by Gasteiger charge is 2.05. The summed E-state index contributed by atoms with van der Waals surface area (Å²) in [6.45, 7) is 0.754. The second kappa shape index (κ2) is 6.24. The Bertz CT molecular complexity index is 544. The number of nitrogens with zero attached hydrogens (tertiary/aromatic N) is 2. The zero-order valence-corrected chi connectivity index (χ0v) is 11.7. The Kier molecular flexibility index (Phi) is 4.40. The normalized spacial score (nSPS) is 10.2. The molecule has 0 aliphatic carbocycles. The van der Waals surface area contributed by atoms with E-state index >= 15 is 0 Å². The maximum atomic E-state index is 5.51. The molecule has 2 rings (SSSR count). The minimum Gasteiger partial charge on any atom is -0.493 e. The molecule has 0 bridgehead atoms. The number of rotatable bonds is 6. The molecule has 1 heterocycles. The van der Waals surface area contributed by atoms with Crippen LogP contribution in [0.4, 0.5) is 10.3 Å². The number of nitrogens with two attached hydrogens (primary N) is 1. The molecule has 0 spiro atoms. The Labute approximate surface area is 115 Å². The van der Waals surface area contributed by atoms with E-state index in [2.05, 4.69) is 15.5 Å². The SMILES string of the molecule is COc1ccc(CCNc2nnc(N)s2)cc1OC. The van der Waals surface area contributed by atoms with Gasteiger partial charge in [0, 0.05) is 6.54 Å². The van der Waals surface area contributed by atoms with Gasteiger partial charge < -0.3 is 20.5 Å². The van der Waals surface area contributed by atoms with Gasteiger partial charge in [-0.1, -0.05) is 17.4 Å². The maximum Gasteiger partial charge on any atom is 0.207 e. The molecule has 1 aromatic carbocycles. The van der Waals surface area contributed by atoms with Crippen molar-refractivity contribution in [2.24, 2.45) is 0 Å². The Morgan fingerprint density at radius 3 is 2.63 bits per heavy atom. The fraction of sp³-hybridized carbons (Fsp3) is 0.333. The summed E-state index contributed by atoms with van der Waals surface area (Å²) in [5, 5.41) is 12.0. The Hall–Kier alpha value is -2.02. The highest BCUT2D eigenvalue weighted by atomic mass is 32.1. The van der Waals surface area contributed by atoms with Crippen molar-refractivity contribution < 1.29 is 9.47 Å². The van der Waals surface area contributed by atoms with Crippen LogP contribution in [0.15, 0.2) is 18.2 Å². The fourth-order valence-electron chi connectivity index (χ4n) is 1.66. The second-order valence-electron chi connectivity index (χ2n) is 3.81. The third-order valence-electron chi connectivity index (χ3n) is 2.58. The zero-order valence-electron chi connectivity index (χ0n) is 10.8. The lowest BCUT2D eigenvalue weighted by Gasteiger charge is -2.09. The summed E-state index contributed by atoms with van der Waals surface area (Å²) in [6, 6.07) is 5.88. The Morgan fingerprint density at radius 2 is 2.00 bits per heavy atom. The smallest absolute Gasteiger partial charge is 0.207 e. The van der Waals surface area contributed by atoms with Crippen molar-refractivity contribution in [2.75, 3.05) is 31.8 Å². The van der Waals surface area contributed by atoms with Gasteiger partial charge in [0.1, 0.15) is 0 Å². The Morgan fingerprint density at radius 1 is 1.21 bits per heavy atom. The average molecular weight is 280 g/mol. The summed E-state index contributed by atoms with van der Waals surface area (Å²) < 4.78 is 10.5. The number of methoxy groups -OCH3 is 2. The highest BCUT2D eigenvalue weighted by molar-refractivity contribution is 7.18. The molecule has 0 atom stereocenters. The van der Waals surface area contributed by atoms with Gasteiger partial charge in [-0.15, -0.1) is 10.2 Å². The van der Waals surface area contributed by atoms with Crippen LogP contribution in [0.5, 0.6) is 11.5 Å². The molecule has 0 aliphatic heterocycles. The average Bonchev–Trinajstić information content (AvgIpc) is 2.84. The molecular formula is C12H16N4O2S. The van der Waals surface area contributed by atoms with Gasteiger partial charge in [0.25, 0.3) is 0 Å². The minimum atomic E-state index is 0.466. The molecular weight excluding hydrogens is 264 g/mol. The van der Waals surface area contributed by atoms with E-state index in [-0.39, 0.29) is 0 Å². The van der Waals surface area contributed by atoms with Gasteiger partial charge in [0.15, 0.2) is 11.5 Å². The first kappa shape index (κ1) is 13.4. The quantitative estimate of drug-likeness (QED) is 0.839. The summed E-state index contributed by atoms with van der Waals surface area (Å²) in [5.41, 5.74) is 6.66. The van der Waals surface area contributed by atoms with E-state index in [4.69, 9.17) is 15.2 Å². The van der Waals surface area contributed by atoms with Crippen LogP contribution in [0.25, 0.3) is 0 Å². The van der Waals surface area contributed by atoms with Crippen LogP contribution in [0.1, 0.15) is 5.56 Å². The van der Waals surface area contributed by atoms with Gasteiger partial charge >= 0.3 is 0 Å². The number of ether oxygens (including phenoxy) is 2. The first-order chi connectivity index (χ1) is 9.22. The van der Waals surface area contributed by atoms with Gasteiger partial charge in [0.2, 0.25) is 10.3 Å². The molecule has 0 aliphatic rings. The van der Waals surface area contributed by atoms with E-state index in [1.54, 1.807) is 14.2 Å². The van der Waals surface area contributed by atoms with Gasteiger partial charge in [-0.2, -0.15) is 0 Å². The third kappa shape index (κ3) is 3.47. The third-order valence-corrected chi connectivity index (χ3v) is 3.29. The second-order valence-corrected chi connectivity index (χ2v) is 4.82. The van der Waals surface area contributed by atoms with Crippen LogP contribution in [-0.2, 0) is 6.42 Å². The predicted molar refractivity (Wildman–Crippen MR) is 76.1 cm³/mol. The molecule has 7 heteroatoms. The van der Waals surface area contributed by atoms with Crippen molar-refractivity contribution in [1.29, 1.82) is 0 Å². The number of anilines is 2. The van der Waals surface area contributed by atoms with Crippen LogP contribution in [-0.4, -0.2) is 31.0 Å². The first-order valence-electron chi connectivity index (χ1n) is 5.76. The lowest BCUT2D eigenvalue weighted by molar-refractivity contribution is 0.354. The first-order valence-corrected chi connectivity index (χ1v) is 6.58. The van der Waals surface area contributed by atoms with Crippen LogP contribution in [0.3, 0.4) is 0 Å². The standard InChI is InChI=1S/C12H16N4O2S/c1-17-9-4-3-8(7-10(9)18-2)5-6-14-12-16-15-11(13)19-12/h3-4,7H,5-6H2,1-2H3,(H2,13,15)(H,14,16). The zero-order chi connectivity index (χ0) is 13.7. The molecule has 0 saturated carbocycles. The Balaban J connectivity index is 1.92. The van der Waals surface area contributed by atoms with Gasteiger partial charge in [-0.05, 0) is 24.1 Å². The molecule has 0 amide bonds. The lowest BCUT2D eigenvalue weighted by atomic mass is 10.1. The van der Waals surface area contributed by atoms with E-state index in [1.807, 2.05) is 18.2 Å². The summed E-state index contributed by atoms with van der Waals surface area (Å²) in [7, 11) is 3.25. The van der Waals surface area contributed by atoms with Crippen LogP contribution in [0, 0.1) is 0 Å². The van der Waals surface area contributed by atoms with Crippen LogP contribution < -0.4 is 20.5 Å². The highest BCUT2D eigenvalue weighted by Crippen LogP contribution is 2.27. The van der Waals surface area contributed by atoms with E-state index in [1.165, 1.54) is 11.3 Å². The number of aromatic nitrogens is 2. The molecule has 0 saturated heterocycles. The maximum absolute atomic E-state index is 5.51. The van der Waals surface area contributed by atoms with Crippen molar-refractivity contribution in [3.05, 3.63) is 23.8 Å².